The van der Waals surface area contributed by atoms with Crippen molar-refractivity contribution < 1.29 is 23.0 Å². The fourth-order valence-electron chi connectivity index (χ4n) is 2.15. The molecular formula is C11H19N3O5S. The molecule has 1 aliphatic rings. The summed E-state index contributed by atoms with van der Waals surface area (Å²) in [6.45, 7) is 4.59. The van der Waals surface area contributed by atoms with Gasteiger partial charge < -0.3 is 14.6 Å². The standard InChI is InChI=1S/C11H19N3O5S/c1-3-18-11(19-4-2)8-5-14(13-12-8)9-6-20(16,17)7-10(9)15/h5,9-11,15H,3-4,6-7H2,1-2H3. The third kappa shape index (κ3) is 3.35. The number of aliphatic hydroxyl groups is 1. The smallest absolute Gasteiger partial charge is 0.204 e. The first kappa shape index (κ1) is 15.4. The molecule has 1 saturated heterocycles. The third-order valence-corrected chi connectivity index (χ3v) is 4.74. The average Bonchev–Trinajstić information content (AvgIpc) is 2.93. The molecule has 2 heterocycles. The van der Waals surface area contributed by atoms with Crippen molar-refractivity contribution >= 4 is 9.84 Å². The van der Waals surface area contributed by atoms with Gasteiger partial charge in [-0.1, -0.05) is 5.21 Å². The maximum atomic E-state index is 11.5. The number of hydrogen-bond acceptors (Lipinski definition) is 7. The van der Waals surface area contributed by atoms with Gasteiger partial charge in [-0.3, -0.25) is 0 Å². The number of ether oxygens (including phenoxy) is 2. The molecule has 0 amide bonds. The van der Waals surface area contributed by atoms with Crippen LogP contribution in [0.15, 0.2) is 6.20 Å². The molecule has 8 nitrogen and oxygen atoms in total. The van der Waals surface area contributed by atoms with Gasteiger partial charge in [0.1, 0.15) is 5.69 Å². The maximum Gasteiger partial charge on any atom is 0.204 e. The molecule has 2 atom stereocenters. The molecule has 0 spiro atoms. The van der Waals surface area contributed by atoms with E-state index in [1.165, 1.54) is 4.68 Å². The van der Waals surface area contributed by atoms with Crippen LogP contribution in [0.1, 0.15) is 31.9 Å². The summed E-state index contributed by atoms with van der Waals surface area (Å²) in [5.41, 5.74) is 0.463. The van der Waals surface area contributed by atoms with E-state index in [4.69, 9.17) is 9.47 Å². The first-order valence-corrected chi connectivity index (χ1v) is 8.32. The second kappa shape index (κ2) is 6.17. The first-order valence-electron chi connectivity index (χ1n) is 6.50. The molecule has 1 N–H and O–H groups in total. The predicted octanol–water partition coefficient (Wildman–Crippen LogP) is -0.320. The van der Waals surface area contributed by atoms with Crippen molar-refractivity contribution in [3.8, 4) is 0 Å². The van der Waals surface area contributed by atoms with Crippen molar-refractivity contribution in [2.24, 2.45) is 0 Å². The normalized spacial score (nSPS) is 25.4. The van der Waals surface area contributed by atoms with E-state index in [1.54, 1.807) is 6.20 Å². The Labute approximate surface area is 117 Å². The van der Waals surface area contributed by atoms with Crippen LogP contribution < -0.4 is 0 Å². The third-order valence-electron chi connectivity index (χ3n) is 3.04. The number of hydrogen-bond donors (Lipinski definition) is 1. The Morgan fingerprint density at radius 1 is 1.40 bits per heavy atom. The Hall–Kier alpha value is -1.03. The summed E-state index contributed by atoms with van der Waals surface area (Å²) in [7, 11) is -3.23. The molecule has 1 fully saturated rings. The van der Waals surface area contributed by atoms with Gasteiger partial charge in [0.05, 0.1) is 29.8 Å². The van der Waals surface area contributed by atoms with Crippen molar-refractivity contribution in [3.05, 3.63) is 11.9 Å². The minimum absolute atomic E-state index is 0.134. The van der Waals surface area contributed by atoms with Gasteiger partial charge in [0.15, 0.2) is 9.84 Å². The summed E-state index contributed by atoms with van der Waals surface area (Å²) in [4.78, 5) is 0. The highest BCUT2D eigenvalue weighted by Crippen LogP contribution is 2.25. The SMILES string of the molecule is CCOC(OCC)c1cn(C2CS(=O)(=O)CC2O)nn1. The van der Waals surface area contributed by atoms with Crippen molar-refractivity contribution in [2.45, 2.75) is 32.3 Å². The first-order chi connectivity index (χ1) is 9.46. The Balaban J connectivity index is 2.16. The summed E-state index contributed by atoms with van der Waals surface area (Å²) in [6.07, 6.45) is -0.0360. The zero-order valence-electron chi connectivity index (χ0n) is 11.5. The number of sulfone groups is 1. The number of aliphatic hydroxyl groups excluding tert-OH is 1. The van der Waals surface area contributed by atoms with Crippen LogP contribution in [-0.4, -0.2) is 59.3 Å². The van der Waals surface area contributed by atoms with E-state index in [1.807, 2.05) is 13.8 Å². The van der Waals surface area contributed by atoms with Crippen molar-refractivity contribution in [3.63, 3.8) is 0 Å². The van der Waals surface area contributed by atoms with Gasteiger partial charge in [0.25, 0.3) is 0 Å². The molecule has 9 heteroatoms. The highest BCUT2D eigenvalue weighted by molar-refractivity contribution is 7.91. The van der Waals surface area contributed by atoms with E-state index < -0.39 is 28.3 Å². The van der Waals surface area contributed by atoms with Gasteiger partial charge in [-0.2, -0.15) is 0 Å². The van der Waals surface area contributed by atoms with Crippen LogP contribution in [0.25, 0.3) is 0 Å². The summed E-state index contributed by atoms with van der Waals surface area (Å²) >= 11 is 0. The lowest BCUT2D eigenvalue weighted by molar-refractivity contribution is -0.142. The lowest BCUT2D eigenvalue weighted by Crippen LogP contribution is -2.22. The fraction of sp³-hybridized carbons (Fsp3) is 0.818. The van der Waals surface area contributed by atoms with Crippen molar-refractivity contribution in [1.82, 2.24) is 15.0 Å². The van der Waals surface area contributed by atoms with Crippen LogP contribution in [0, 0.1) is 0 Å². The predicted molar refractivity (Wildman–Crippen MR) is 69.7 cm³/mol. The molecule has 1 aromatic heterocycles. The Bertz CT molecular complexity index is 538. The molecule has 0 saturated carbocycles. The number of rotatable bonds is 6. The number of nitrogens with zero attached hydrogens (tertiary/aromatic N) is 3. The monoisotopic (exact) mass is 305 g/mol. The summed E-state index contributed by atoms with van der Waals surface area (Å²) in [5, 5.41) is 17.6. The lowest BCUT2D eigenvalue weighted by atomic mass is 10.2. The molecule has 2 unspecified atom stereocenters. The average molecular weight is 305 g/mol. The second-order valence-electron chi connectivity index (χ2n) is 4.58. The molecule has 0 aliphatic carbocycles. The Morgan fingerprint density at radius 3 is 2.55 bits per heavy atom. The maximum absolute atomic E-state index is 11.5. The molecule has 2 rings (SSSR count). The molecule has 1 aromatic rings. The van der Waals surface area contributed by atoms with E-state index in [2.05, 4.69) is 10.3 Å². The Morgan fingerprint density at radius 2 is 2.05 bits per heavy atom. The van der Waals surface area contributed by atoms with E-state index in [0.717, 1.165) is 0 Å². The van der Waals surface area contributed by atoms with Crippen LogP contribution in [0.3, 0.4) is 0 Å². The molecule has 1 aliphatic heterocycles. The molecule has 0 radical (unpaired) electrons. The second-order valence-corrected chi connectivity index (χ2v) is 6.73. The molecular weight excluding hydrogens is 286 g/mol. The lowest BCUT2D eigenvalue weighted by Gasteiger charge is -2.14. The van der Waals surface area contributed by atoms with Gasteiger partial charge in [-0.25, -0.2) is 13.1 Å². The zero-order valence-corrected chi connectivity index (χ0v) is 12.3. The van der Waals surface area contributed by atoms with Gasteiger partial charge in [0.2, 0.25) is 6.29 Å². The van der Waals surface area contributed by atoms with Crippen LogP contribution in [0.4, 0.5) is 0 Å². The van der Waals surface area contributed by atoms with Crippen molar-refractivity contribution in [1.29, 1.82) is 0 Å². The van der Waals surface area contributed by atoms with Gasteiger partial charge in [-0.15, -0.1) is 5.10 Å². The largest absolute Gasteiger partial charge is 0.390 e. The molecule has 20 heavy (non-hydrogen) atoms. The summed E-state index contributed by atoms with van der Waals surface area (Å²) in [6, 6.07) is -0.606. The minimum atomic E-state index is -3.23. The molecule has 114 valence electrons. The van der Waals surface area contributed by atoms with Crippen LogP contribution in [-0.2, 0) is 19.3 Å². The van der Waals surface area contributed by atoms with Gasteiger partial charge in [-0.05, 0) is 13.8 Å². The van der Waals surface area contributed by atoms with Gasteiger partial charge >= 0.3 is 0 Å². The van der Waals surface area contributed by atoms with E-state index in [9.17, 15) is 13.5 Å². The quantitative estimate of drug-likeness (QED) is 0.718. The topological polar surface area (TPSA) is 104 Å². The summed E-state index contributed by atoms with van der Waals surface area (Å²) < 4.78 is 35.2. The van der Waals surface area contributed by atoms with Crippen LogP contribution in [0.5, 0.6) is 0 Å². The van der Waals surface area contributed by atoms with E-state index in [-0.39, 0.29) is 11.5 Å². The highest BCUT2D eigenvalue weighted by atomic mass is 32.2. The summed E-state index contributed by atoms with van der Waals surface area (Å²) in [5.74, 6) is -0.377. The van der Waals surface area contributed by atoms with Crippen LogP contribution in [0.2, 0.25) is 0 Å². The van der Waals surface area contributed by atoms with Crippen molar-refractivity contribution in [2.75, 3.05) is 24.7 Å². The van der Waals surface area contributed by atoms with E-state index >= 15 is 0 Å². The Kier molecular flexibility index (Phi) is 4.74. The van der Waals surface area contributed by atoms with E-state index in [0.29, 0.717) is 18.9 Å². The molecule has 0 bridgehead atoms. The fourth-order valence-corrected chi connectivity index (χ4v) is 3.92. The molecule has 0 aromatic carbocycles. The highest BCUT2D eigenvalue weighted by Gasteiger charge is 2.38. The van der Waals surface area contributed by atoms with Gasteiger partial charge in [0, 0.05) is 13.2 Å². The zero-order chi connectivity index (χ0) is 14.8. The minimum Gasteiger partial charge on any atom is -0.390 e. The van der Waals surface area contributed by atoms with Crippen LogP contribution >= 0.6 is 0 Å². The number of aromatic nitrogens is 3.